The highest BCUT2D eigenvalue weighted by Crippen LogP contribution is 2.40. The summed E-state index contributed by atoms with van der Waals surface area (Å²) in [4.78, 5) is 35.8. The van der Waals surface area contributed by atoms with E-state index in [2.05, 4.69) is 61.6 Å². The number of aromatic nitrogens is 2. The van der Waals surface area contributed by atoms with Gasteiger partial charge in [-0.1, -0.05) is 61.9 Å². The zero-order chi connectivity index (χ0) is 30.1. The Balaban J connectivity index is 1.58. The average molecular weight is 593 g/mol. The molecule has 1 N–H and O–H groups in total. The lowest BCUT2D eigenvalue weighted by Crippen LogP contribution is -2.47. The Morgan fingerprint density at radius 3 is 2.30 bits per heavy atom. The first kappa shape index (κ1) is 29.3. The van der Waals surface area contributed by atoms with E-state index in [-0.39, 0.29) is 11.5 Å². The normalized spacial score (nSPS) is 15.0. The Kier molecular flexibility index (Phi) is 8.46. The van der Waals surface area contributed by atoms with E-state index in [4.69, 9.17) is 4.98 Å². The predicted molar refractivity (Wildman–Crippen MR) is 177 cm³/mol. The Hall–Kier alpha value is -3.81. The summed E-state index contributed by atoms with van der Waals surface area (Å²) in [5, 5.41) is 5.99. The number of allylic oxidation sites excluding steroid dienone is 1. The number of benzene rings is 2. The number of para-hydroxylation sites is 1. The number of rotatable bonds is 8. The van der Waals surface area contributed by atoms with Crippen molar-refractivity contribution in [1.82, 2.24) is 19.8 Å². The first-order chi connectivity index (χ1) is 20.9. The number of amides is 1. The molecule has 6 rings (SSSR count). The Morgan fingerprint density at radius 2 is 1.70 bits per heavy atom. The lowest BCUT2D eigenvalue weighted by molar-refractivity contribution is 0.0735. The molecule has 4 aromatic rings. The van der Waals surface area contributed by atoms with E-state index in [1.165, 1.54) is 29.7 Å². The van der Waals surface area contributed by atoms with Crippen LogP contribution in [-0.4, -0.2) is 46.5 Å². The van der Waals surface area contributed by atoms with Gasteiger partial charge in [0.1, 0.15) is 5.01 Å². The highest BCUT2D eigenvalue weighted by atomic mass is 32.1. The van der Waals surface area contributed by atoms with Crippen LogP contribution in [-0.2, 0) is 12.8 Å². The molecule has 1 amide bonds. The number of nitrogens with one attached hydrogen (secondary N) is 1. The molecule has 1 aliphatic heterocycles. The van der Waals surface area contributed by atoms with Gasteiger partial charge in [-0.15, -0.1) is 11.3 Å². The minimum absolute atomic E-state index is 0.0523. The van der Waals surface area contributed by atoms with Gasteiger partial charge in [0.05, 0.1) is 28.2 Å². The van der Waals surface area contributed by atoms with Crippen molar-refractivity contribution in [2.75, 3.05) is 26.2 Å². The molecule has 1 aliphatic carbocycles. The third-order valence-electron chi connectivity index (χ3n) is 8.48. The van der Waals surface area contributed by atoms with Crippen LogP contribution >= 0.6 is 11.3 Å². The molecule has 3 heterocycles. The molecule has 0 bridgehead atoms. The second-order valence-electron chi connectivity index (χ2n) is 11.8. The number of thiazole rings is 1. The molecule has 1 saturated heterocycles. The van der Waals surface area contributed by atoms with Gasteiger partial charge in [0.15, 0.2) is 0 Å². The fourth-order valence-corrected chi connectivity index (χ4v) is 6.84. The van der Waals surface area contributed by atoms with Gasteiger partial charge < -0.3 is 10.2 Å². The maximum absolute atomic E-state index is 14.7. The van der Waals surface area contributed by atoms with Gasteiger partial charge in [-0.05, 0) is 74.3 Å². The highest BCUT2D eigenvalue weighted by Gasteiger charge is 2.28. The van der Waals surface area contributed by atoms with Crippen molar-refractivity contribution in [3.05, 3.63) is 97.8 Å². The molecule has 7 heteroatoms. The summed E-state index contributed by atoms with van der Waals surface area (Å²) in [6.07, 6.45) is 6.07. The zero-order valence-corrected chi connectivity index (χ0v) is 26.4. The number of hydrogen-bond acceptors (Lipinski definition) is 5. The summed E-state index contributed by atoms with van der Waals surface area (Å²) in [6, 6.07) is 16.7. The van der Waals surface area contributed by atoms with Gasteiger partial charge in [-0.25, -0.2) is 4.98 Å². The molecule has 2 fully saturated rings. The summed E-state index contributed by atoms with van der Waals surface area (Å²) in [5.41, 5.74) is 8.83. The molecule has 0 spiro atoms. The molecule has 2 aromatic heterocycles. The quantitative estimate of drug-likeness (QED) is 0.237. The van der Waals surface area contributed by atoms with Crippen molar-refractivity contribution in [3.8, 4) is 27.5 Å². The number of aryl methyl sites for hydroxylation is 2. The molecular weight excluding hydrogens is 552 g/mol. The number of pyridine rings is 1. The minimum atomic E-state index is -0.148. The molecule has 6 nitrogen and oxygen atoms in total. The number of hydrogen-bond donors (Lipinski definition) is 1. The monoisotopic (exact) mass is 592 g/mol. The average Bonchev–Trinajstić information content (AvgIpc) is 3.77. The van der Waals surface area contributed by atoms with Crippen molar-refractivity contribution in [2.45, 2.75) is 59.3 Å². The van der Waals surface area contributed by atoms with Gasteiger partial charge >= 0.3 is 0 Å². The lowest BCUT2D eigenvalue weighted by Gasteiger charge is -2.29. The zero-order valence-electron chi connectivity index (χ0n) is 25.6. The SMILES string of the molecule is CCc1cccc(CC)c1-n1c(C=C(C)C)c(C(=O)N2CCNCC2)cc(-c2nc(-c3ccc(C4CC4)cc3)cs2)c1=O. The molecule has 1 saturated carbocycles. The van der Waals surface area contributed by atoms with Gasteiger partial charge in [-0.3, -0.25) is 14.2 Å². The number of carbonyl (C=O) groups is 1. The molecule has 2 aliphatic rings. The Morgan fingerprint density at radius 1 is 1.02 bits per heavy atom. The van der Waals surface area contributed by atoms with Gasteiger partial charge in [0, 0.05) is 37.1 Å². The Labute approximate surface area is 258 Å². The predicted octanol–water partition coefficient (Wildman–Crippen LogP) is 7.10. The van der Waals surface area contributed by atoms with E-state index in [1.807, 2.05) is 30.2 Å². The molecule has 0 radical (unpaired) electrons. The highest BCUT2D eigenvalue weighted by molar-refractivity contribution is 7.13. The number of piperazine rings is 1. The van der Waals surface area contributed by atoms with Crippen molar-refractivity contribution < 1.29 is 4.79 Å². The fraction of sp³-hybridized carbons (Fsp3) is 0.361. The van der Waals surface area contributed by atoms with E-state index < -0.39 is 0 Å². The van der Waals surface area contributed by atoms with Crippen LogP contribution in [0.1, 0.15) is 79.2 Å². The van der Waals surface area contributed by atoms with Crippen LogP contribution in [0.4, 0.5) is 0 Å². The van der Waals surface area contributed by atoms with E-state index in [1.54, 1.807) is 10.6 Å². The van der Waals surface area contributed by atoms with Crippen molar-refractivity contribution in [3.63, 3.8) is 0 Å². The number of nitrogens with zero attached hydrogens (tertiary/aromatic N) is 3. The van der Waals surface area contributed by atoms with E-state index >= 15 is 0 Å². The van der Waals surface area contributed by atoms with E-state index in [0.29, 0.717) is 40.8 Å². The van der Waals surface area contributed by atoms with Crippen LogP contribution in [0.15, 0.2) is 64.3 Å². The maximum Gasteiger partial charge on any atom is 0.265 e. The fourth-order valence-electron chi connectivity index (χ4n) is 6.01. The summed E-state index contributed by atoms with van der Waals surface area (Å²) < 4.78 is 1.81. The topological polar surface area (TPSA) is 67.2 Å². The van der Waals surface area contributed by atoms with E-state index in [0.717, 1.165) is 59.6 Å². The summed E-state index contributed by atoms with van der Waals surface area (Å²) >= 11 is 1.46. The lowest BCUT2D eigenvalue weighted by atomic mass is 9.99. The van der Waals surface area contributed by atoms with Gasteiger partial charge in [-0.2, -0.15) is 0 Å². The summed E-state index contributed by atoms with van der Waals surface area (Å²) in [6.45, 7) is 11.0. The maximum atomic E-state index is 14.7. The van der Waals surface area contributed by atoms with Crippen molar-refractivity contribution >= 4 is 23.3 Å². The van der Waals surface area contributed by atoms with Crippen LogP contribution in [0, 0.1) is 0 Å². The van der Waals surface area contributed by atoms with Crippen LogP contribution in [0.3, 0.4) is 0 Å². The van der Waals surface area contributed by atoms with Crippen molar-refractivity contribution in [2.24, 2.45) is 0 Å². The summed E-state index contributed by atoms with van der Waals surface area (Å²) in [7, 11) is 0. The molecule has 0 atom stereocenters. The molecule has 2 aromatic carbocycles. The second kappa shape index (κ2) is 12.4. The first-order valence-corrected chi connectivity index (χ1v) is 16.4. The largest absolute Gasteiger partial charge is 0.336 e. The van der Waals surface area contributed by atoms with Gasteiger partial charge in [0.2, 0.25) is 0 Å². The Bertz CT molecular complexity index is 1710. The van der Waals surface area contributed by atoms with Crippen LogP contribution < -0.4 is 10.9 Å². The van der Waals surface area contributed by atoms with E-state index in [9.17, 15) is 9.59 Å². The smallest absolute Gasteiger partial charge is 0.265 e. The van der Waals surface area contributed by atoms with Crippen molar-refractivity contribution in [1.29, 1.82) is 0 Å². The molecule has 222 valence electrons. The van der Waals surface area contributed by atoms with Gasteiger partial charge in [0.25, 0.3) is 11.5 Å². The molecule has 43 heavy (non-hydrogen) atoms. The third kappa shape index (κ3) is 5.89. The standard InChI is InChI=1S/C36H40N4O2S/c1-5-24-8-7-9-25(6-2)33(24)40-32(20-23(3)4)29(35(41)39-18-16-37-17-19-39)21-30(36(40)42)34-38-31(22-43-34)28-14-12-27(13-15-28)26-10-11-26/h7-9,12-15,20-22,26,37H,5-6,10-11,16-19H2,1-4H3. The van der Waals surface area contributed by atoms with Crippen LogP contribution in [0.5, 0.6) is 0 Å². The number of carbonyl (C=O) groups excluding carboxylic acids is 1. The van der Waals surface area contributed by atoms with Crippen LogP contribution in [0.25, 0.3) is 33.6 Å². The summed E-state index contributed by atoms with van der Waals surface area (Å²) in [5.74, 6) is 0.645. The minimum Gasteiger partial charge on any atom is -0.336 e. The molecular formula is C36H40N4O2S. The molecule has 0 unspecified atom stereocenters. The third-order valence-corrected chi connectivity index (χ3v) is 9.35. The van der Waals surface area contributed by atoms with Crippen LogP contribution in [0.2, 0.25) is 0 Å². The first-order valence-electron chi connectivity index (χ1n) is 15.5. The second-order valence-corrected chi connectivity index (χ2v) is 12.7.